The van der Waals surface area contributed by atoms with Gasteiger partial charge >= 0.3 is 0 Å². The molecule has 0 atom stereocenters. The van der Waals surface area contributed by atoms with E-state index < -0.39 is 4.92 Å². The van der Waals surface area contributed by atoms with Gasteiger partial charge in [0.1, 0.15) is 0 Å². The minimum atomic E-state index is -0.467. The van der Waals surface area contributed by atoms with Gasteiger partial charge in [-0.15, -0.1) is 0 Å². The van der Waals surface area contributed by atoms with Crippen LogP contribution in [0.2, 0.25) is 0 Å². The first-order valence-electron chi connectivity index (χ1n) is 7.28. The van der Waals surface area contributed by atoms with Crippen molar-refractivity contribution in [2.75, 3.05) is 0 Å². The summed E-state index contributed by atoms with van der Waals surface area (Å²) in [5.41, 5.74) is 2.66. The van der Waals surface area contributed by atoms with Crippen LogP contribution in [0.4, 0.5) is 5.69 Å². The van der Waals surface area contributed by atoms with E-state index in [-0.39, 0.29) is 5.69 Å². The van der Waals surface area contributed by atoms with Gasteiger partial charge in [0, 0.05) is 29.7 Å². The van der Waals surface area contributed by atoms with Crippen LogP contribution in [0.3, 0.4) is 0 Å². The van der Waals surface area contributed by atoms with Crippen LogP contribution in [-0.2, 0) is 0 Å². The molecule has 116 valence electrons. The fourth-order valence-corrected chi connectivity index (χ4v) is 2.45. The van der Waals surface area contributed by atoms with Gasteiger partial charge in [0.15, 0.2) is 0 Å². The Balaban J connectivity index is 2.05. The summed E-state index contributed by atoms with van der Waals surface area (Å²) in [6.45, 7) is 0. The van der Waals surface area contributed by atoms with Crippen LogP contribution in [-0.4, -0.2) is 9.49 Å². The zero-order valence-electron chi connectivity index (χ0n) is 12.7. The van der Waals surface area contributed by atoms with E-state index in [9.17, 15) is 15.4 Å². The lowest BCUT2D eigenvalue weighted by Crippen LogP contribution is -1.95. The Bertz CT molecular complexity index is 950. The van der Waals surface area contributed by atoms with Crippen molar-refractivity contribution < 1.29 is 4.92 Å². The first kappa shape index (κ1) is 15.3. The smallest absolute Gasteiger partial charge is 0.270 e. The van der Waals surface area contributed by atoms with Crippen molar-refractivity contribution >= 4 is 17.3 Å². The quantitative estimate of drug-likeness (QED) is 0.405. The van der Waals surface area contributed by atoms with Crippen molar-refractivity contribution in [2.45, 2.75) is 0 Å². The predicted octanol–water partition coefficient (Wildman–Crippen LogP) is 4.45. The van der Waals surface area contributed by atoms with Crippen LogP contribution in [0.15, 0.2) is 72.9 Å². The SMILES string of the molecule is N#C/C(=C/c1cccn1-c1ccccc1)c1cccc([N+](=O)[O-])c1. The monoisotopic (exact) mass is 315 g/mol. The molecule has 5 heteroatoms. The number of rotatable bonds is 4. The van der Waals surface area contributed by atoms with E-state index >= 15 is 0 Å². The molecule has 0 unspecified atom stereocenters. The summed E-state index contributed by atoms with van der Waals surface area (Å²) < 4.78 is 1.95. The van der Waals surface area contributed by atoms with Gasteiger partial charge in [-0.1, -0.05) is 30.3 Å². The Morgan fingerprint density at radius 2 is 1.88 bits per heavy atom. The molecule has 0 aliphatic heterocycles. The van der Waals surface area contributed by atoms with Crippen molar-refractivity contribution in [1.29, 1.82) is 5.26 Å². The fraction of sp³-hybridized carbons (Fsp3) is 0. The molecule has 3 aromatic rings. The Morgan fingerprint density at radius 3 is 2.58 bits per heavy atom. The molecule has 5 nitrogen and oxygen atoms in total. The molecule has 0 saturated heterocycles. The Hall–Kier alpha value is -3.65. The Morgan fingerprint density at radius 1 is 1.08 bits per heavy atom. The number of allylic oxidation sites excluding steroid dienone is 1. The van der Waals surface area contributed by atoms with Crippen molar-refractivity contribution in [3.63, 3.8) is 0 Å². The average molecular weight is 315 g/mol. The van der Waals surface area contributed by atoms with Gasteiger partial charge in [0.05, 0.1) is 16.6 Å². The number of para-hydroxylation sites is 1. The molecule has 1 heterocycles. The van der Waals surface area contributed by atoms with Gasteiger partial charge in [0.2, 0.25) is 0 Å². The summed E-state index contributed by atoms with van der Waals surface area (Å²) in [5, 5.41) is 20.4. The summed E-state index contributed by atoms with van der Waals surface area (Å²) in [7, 11) is 0. The molecule has 24 heavy (non-hydrogen) atoms. The van der Waals surface area contributed by atoms with Crippen molar-refractivity contribution in [3.05, 3.63) is 94.3 Å². The Labute approximate surface area is 138 Å². The molecule has 0 aliphatic rings. The molecular weight excluding hydrogens is 302 g/mol. The van der Waals surface area contributed by atoms with Crippen LogP contribution in [0.25, 0.3) is 17.3 Å². The maximum Gasteiger partial charge on any atom is 0.270 e. The molecule has 0 bridgehead atoms. The molecule has 0 amide bonds. The number of nitro groups is 1. The number of nitro benzene ring substituents is 1. The number of non-ortho nitro benzene ring substituents is 1. The molecule has 0 aliphatic carbocycles. The molecule has 0 radical (unpaired) electrons. The fourth-order valence-electron chi connectivity index (χ4n) is 2.45. The molecule has 0 fully saturated rings. The van der Waals surface area contributed by atoms with Gasteiger partial charge < -0.3 is 4.57 Å². The lowest BCUT2D eigenvalue weighted by molar-refractivity contribution is -0.384. The van der Waals surface area contributed by atoms with E-state index in [0.717, 1.165) is 11.4 Å². The zero-order valence-corrected chi connectivity index (χ0v) is 12.7. The van der Waals surface area contributed by atoms with Gasteiger partial charge in [0.25, 0.3) is 5.69 Å². The summed E-state index contributed by atoms with van der Waals surface area (Å²) >= 11 is 0. The van der Waals surface area contributed by atoms with E-state index in [2.05, 4.69) is 6.07 Å². The van der Waals surface area contributed by atoms with Crippen LogP contribution >= 0.6 is 0 Å². The topological polar surface area (TPSA) is 71.9 Å². The summed E-state index contributed by atoms with van der Waals surface area (Å²) in [5.74, 6) is 0. The third kappa shape index (κ3) is 3.08. The highest BCUT2D eigenvalue weighted by Crippen LogP contribution is 2.23. The number of hydrogen-bond donors (Lipinski definition) is 0. The van der Waals surface area contributed by atoms with Gasteiger partial charge in [-0.05, 0) is 35.9 Å². The summed E-state index contributed by atoms with van der Waals surface area (Å²) in [6, 6.07) is 21.7. The first-order chi connectivity index (χ1) is 11.7. The van der Waals surface area contributed by atoms with Gasteiger partial charge in [-0.25, -0.2) is 0 Å². The largest absolute Gasteiger partial charge is 0.317 e. The van der Waals surface area contributed by atoms with E-state index in [1.165, 1.54) is 12.1 Å². The minimum absolute atomic E-state index is 0.0351. The number of nitrogens with zero attached hydrogens (tertiary/aromatic N) is 3. The molecule has 0 N–H and O–H groups in total. The number of hydrogen-bond acceptors (Lipinski definition) is 3. The lowest BCUT2D eigenvalue weighted by Gasteiger charge is -2.07. The maximum atomic E-state index is 10.9. The zero-order chi connectivity index (χ0) is 16.9. The highest BCUT2D eigenvalue weighted by molar-refractivity contribution is 5.89. The number of nitriles is 1. The minimum Gasteiger partial charge on any atom is -0.317 e. The summed E-state index contributed by atoms with van der Waals surface area (Å²) in [4.78, 5) is 10.5. The predicted molar refractivity (Wildman–Crippen MR) is 92.3 cm³/mol. The second-order valence-corrected chi connectivity index (χ2v) is 5.12. The summed E-state index contributed by atoms with van der Waals surface area (Å²) in [6.07, 6.45) is 3.63. The molecule has 2 aromatic carbocycles. The van der Waals surface area contributed by atoms with E-state index in [1.54, 1.807) is 18.2 Å². The third-order valence-corrected chi connectivity index (χ3v) is 3.60. The van der Waals surface area contributed by atoms with Crippen LogP contribution in [0, 0.1) is 21.4 Å². The lowest BCUT2D eigenvalue weighted by atomic mass is 10.1. The van der Waals surface area contributed by atoms with Crippen LogP contribution in [0.1, 0.15) is 11.3 Å². The standard InChI is InChI=1S/C19H13N3O2/c20-14-16(15-6-4-9-19(12-15)22(23)24)13-18-10-5-11-21(18)17-7-2-1-3-8-17/h1-13H/b16-13-. The molecule has 0 spiro atoms. The van der Waals surface area contributed by atoms with E-state index in [4.69, 9.17) is 0 Å². The molecule has 3 rings (SSSR count). The average Bonchev–Trinajstić information content (AvgIpc) is 3.08. The number of benzene rings is 2. The van der Waals surface area contributed by atoms with Crippen LogP contribution in [0.5, 0.6) is 0 Å². The molecule has 1 aromatic heterocycles. The third-order valence-electron chi connectivity index (χ3n) is 3.60. The first-order valence-corrected chi connectivity index (χ1v) is 7.28. The van der Waals surface area contributed by atoms with Crippen LogP contribution < -0.4 is 0 Å². The van der Waals surface area contributed by atoms with Crippen molar-refractivity contribution in [3.8, 4) is 11.8 Å². The highest BCUT2D eigenvalue weighted by atomic mass is 16.6. The van der Waals surface area contributed by atoms with Gasteiger partial charge in [-0.3, -0.25) is 10.1 Å². The molecular formula is C19H13N3O2. The maximum absolute atomic E-state index is 10.9. The Kier molecular flexibility index (Phi) is 4.21. The highest BCUT2D eigenvalue weighted by Gasteiger charge is 2.10. The number of aromatic nitrogens is 1. The molecule has 0 saturated carbocycles. The normalized spacial score (nSPS) is 11.0. The second kappa shape index (κ2) is 6.63. The van der Waals surface area contributed by atoms with E-state index in [1.807, 2.05) is 53.2 Å². The van der Waals surface area contributed by atoms with Gasteiger partial charge in [-0.2, -0.15) is 5.26 Å². The second-order valence-electron chi connectivity index (χ2n) is 5.12. The van der Waals surface area contributed by atoms with E-state index in [0.29, 0.717) is 11.1 Å². The van der Waals surface area contributed by atoms with Crippen molar-refractivity contribution in [2.24, 2.45) is 0 Å². The van der Waals surface area contributed by atoms with Crippen molar-refractivity contribution in [1.82, 2.24) is 4.57 Å².